The van der Waals surface area contributed by atoms with Crippen LogP contribution in [0.5, 0.6) is 0 Å². The number of aliphatic imine (C=N–C) groups is 1. The second kappa shape index (κ2) is 10.6. The molecular weight excluding hydrogens is 386 g/mol. The van der Waals surface area contributed by atoms with Crippen LogP contribution in [0.4, 0.5) is 5.82 Å². The molecule has 0 atom stereocenters. The van der Waals surface area contributed by atoms with Crippen LogP contribution in [-0.2, 0) is 20.1 Å². The Hall–Kier alpha value is -2.57. The molecule has 0 aliphatic carbocycles. The summed E-state index contributed by atoms with van der Waals surface area (Å²) in [6.07, 6.45) is 6.58. The van der Waals surface area contributed by atoms with Gasteiger partial charge in [0.2, 0.25) is 0 Å². The molecule has 7 nitrogen and oxygen atoms in total. The summed E-state index contributed by atoms with van der Waals surface area (Å²) in [6.45, 7) is 13.2. The van der Waals surface area contributed by atoms with Crippen LogP contribution in [0.1, 0.15) is 63.3 Å². The molecule has 0 bridgehead atoms. The van der Waals surface area contributed by atoms with Crippen LogP contribution >= 0.6 is 0 Å². The Morgan fingerprint density at radius 3 is 2.65 bits per heavy atom. The zero-order valence-electron chi connectivity index (χ0n) is 20.1. The first-order valence-electron chi connectivity index (χ1n) is 11.6. The fourth-order valence-corrected chi connectivity index (χ4v) is 4.06. The lowest BCUT2D eigenvalue weighted by atomic mass is 9.99. The summed E-state index contributed by atoms with van der Waals surface area (Å²) < 4.78 is 1.90. The molecule has 3 rings (SSSR count). The van der Waals surface area contributed by atoms with Crippen molar-refractivity contribution in [2.24, 2.45) is 18.0 Å². The highest BCUT2D eigenvalue weighted by molar-refractivity contribution is 5.79. The van der Waals surface area contributed by atoms with Crippen molar-refractivity contribution in [3.05, 3.63) is 41.3 Å². The predicted molar refractivity (Wildman–Crippen MR) is 128 cm³/mol. The molecule has 31 heavy (non-hydrogen) atoms. The van der Waals surface area contributed by atoms with Gasteiger partial charge in [0.1, 0.15) is 5.82 Å². The van der Waals surface area contributed by atoms with Crippen molar-refractivity contribution in [2.45, 2.75) is 59.5 Å². The predicted octanol–water partition coefficient (Wildman–Crippen LogP) is 3.77. The van der Waals surface area contributed by atoms with E-state index in [-0.39, 0.29) is 0 Å². The number of piperidine rings is 1. The van der Waals surface area contributed by atoms with E-state index in [1.807, 2.05) is 17.9 Å². The Balaban J connectivity index is 1.65. The van der Waals surface area contributed by atoms with Crippen molar-refractivity contribution in [1.29, 1.82) is 0 Å². The van der Waals surface area contributed by atoms with Crippen LogP contribution in [0.15, 0.2) is 29.5 Å². The molecule has 0 unspecified atom stereocenters. The number of nitrogens with one attached hydrogen (secondary N) is 1. The van der Waals surface area contributed by atoms with E-state index in [1.54, 1.807) is 0 Å². The van der Waals surface area contributed by atoms with Crippen molar-refractivity contribution in [3.8, 4) is 0 Å². The van der Waals surface area contributed by atoms with Crippen LogP contribution in [0.2, 0.25) is 0 Å². The quantitative estimate of drug-likeness (QED) is 0.540. The monoisotopic (exact) mass is 425 g/mol. The summed E-state index contributed by atoms with van der Waals surface area (Å²) in [7, 11) is 4.06. The molecule has 0 amide bonds. The fourth-order valence-electron chi connectivity index (χ4n) is 4.06. The van der Waals surface area contributed by atoms with E-state index in [4.69, 9.17) is 9.98 Å². The van der Waals surface area contributed by atoms with E-state index >= 15 is 0 Å². The van der Waals surface area contributed by atoms with Crippen molar-refractivity contribution in [2.75, 3.05) is 31.6 Å². The number of hydrogen-bond donors (Lipinski definition) is 1. The van der Waals surface area contributed by atoms with Crippen molar-refractivity contribution >= 4 is 11.8 Å². The second-order valence-electron chi connectivity index (χ2n) is 9.09. The Labute approximate surface area is 187 Å². The van der Waals surface area contributed by atoms with Gasteiger partial charge in [0, 0.05) is 58.2 Å². The fraction of sp³-hybridized carbons (Fsp3) is 0.625. The van der Waals surface area contributed by atoms with Crippen LogP contribution in [0.3, 0.4) is 0 Å². The lowest BCUT2D eigenvalue weighted by Crippen LogP contribution is -2.38. The number of nitrogens with zero attached hydrogens (tertiary/aromatic N) is 6. The highest BCUT2D eigenvalue weighted by Crippen LogP contribution is 2.22. The minimum Gasteiger partial charge on any atom is -0.357 e. The van der Waals surface area contributed by atoms with E-state index in [9.17, 15) is 0 Å². The van der Waals surface area contributed by atoms with Crippen molar-refractivity contribution in [1.82, 2.24) is 25.0 Å². The van der Waals surface area contributed by atoms with Crippen molar-refractivity contribution in [3.63, 3.8) is 0 Å². The Morgan fingerprint density at radius 2 is 2.03 bits per heavy atom. The summed E-state index contributed by atoms with van der Waals surface area (Å²) in [5.74, 6) is 3.21. The number of hydrogen-bond acceptors (Lipinski definition) is 4. The van der Waals surface area contributed by atoms with E-state index in [0.29, 0.717) is 12.5 Å². The van der Waals surface area contributed by atoms with Gasteiger partial charge in [-0.3, -0.25) is 4.68 Å². The summed E-state index contributed by atoms with van der Waals surface area (Å²) in [5.41, 5.74) is 3.52. The number of rotatable bonds is 7. The third kappa shape index (κ3) is 6.21. The molecule has 1 aliphatic heterocycles. The number of pyridine rings is 1. The molecule has 1 aliphatic rings. The van der Waals surface area contributed by atoms with E-state index in [0.717, 1.165) is 55.1 Å². The molecule has 3 heterocycles. The normalized spacial score (nSPS) is 15.6. The molecular formula is C24H39N7. The van der Waals surface area contributed by atoms with E-state index in [1.165, 1.54) is 18.4 Å². The van der Waals surface area contributed by atoms with Crippen LogP contribution in [0, 0.1) is 5.92 Å². The molecule has 1 saturated heterocycles. The first-order valence-corrected chi connectivity index (χ1v) is 11.6. The zero-order chi connectivity index (χ0) is 22.4. The van der Waals surface area contributed by atoms with Crippen molar-refractivity contribution < 1.29 is 0 Å². The van der Waals surface area contributed by atoms with Gasteiger partial charge in [-0.1, -0.05) is 26.8 Å². The maximum Gasteiger partial charge on any atom is 0.194 e. The first kappa shape index (κ1) is 23.1. The molecule has 1 fully saturated rings. The minimum absolute atomic E-state index is 0.400. The van der Waals surface area contributed by atoms with Gasteiger partial charge in [0.25, 0.3) is 0 Å². The Bertz CT molecular complexity index is 845. The topological polar surface area (TPSA) is 61.6 Å². The average molecular weight is 426 g/mol. The summed E-state index contributed by atoms with van der Waals surface area (Å²) in [5, 5.41) is 8.05. The van der Waals surface area contributed by atoms with E-state index in [2.05, 4.69) is 73.3 Å². The van der Waals surface area contributed by atoms with Gasteiger partial charge in [-0.05, 0) is 43.2 Å². The van der Waals surface area contributed by atoms with Gasteiger partial charge in [0.05, 0.1) is 12.2 Å². The number of aromatic nitrogens is 3. The van der Waals surface area contributed by atoms with Gasteiger partial charge in [-0.15, -0.1) is 0 Å². The van der Waals surface area contributed by atoms with Gasteiger partial charge < -0.3 is 15.1 Å². The second-order valence-corrected chi connectivity index (χ2v) is 9.09. The average Bonchev–Trinajstić information content (AvgIpc) is 3.12. The summed E-state index contributed by atoms with van der Waals surface area (Å²) in [4.78, 5) is 14.1. The SMILES string of the molecule is CCNC(=NCc1ccc(N2CCC(C)CC2)nc1)N(C)Cc1cn(C)nc1C(C)C. The first-order chi connectivity index (χ1) is 14.9. The standard InChI is InChI=1S/C24H39N7/c1-7-25-24(29(5)16-21-17-30(6)28-23(21)18(2)3)27-15-20-8-9-22(26-14-20)31-12-10-19(4)11-13-31/h8-9,14,17-19H,7,10-13,15-16H2,1-6H3,(H,25,27). The Morgan fingerprint density at radius 1 is 1.29 bits per heavy atom. The number of anilines is 1. The molecule has 0 saturated carbocycles. The van der Waals surface area contributed by atoms with Gasteiger partial charge in [-0.25, -0.2) is 9.98 Å². The van der Waals surface area contributed by atoms with Gasteiger partial charge in [0.15, 0.2) is 5.96 Å². The van der Waals surface area contributed by atoms with Crippen LogP contribution in [-0.4, -0.2) is 52.3 Å². The molecule has 2 aromatic heterocycles. The lowest BCUT2D eigenvalue weighted by molar-refractivity contribution is 0.436. The van der Waals surface area contributed by atoms with Crippen LogP contribution < -0.4 is 10.2 Å². The summed E-state index contributed by atoms with van der Waals surface area (Å²) >= 11 is 0. The number of aryl methyl sites for hydroxylation is 1. The minimum atomic E-state index is 0.400. The maximum absolute atomic E-state index is 4.86. The van der Waals surface area contributed by atoms with Gasteiger partial charge in [-0.2, -0.15) is 5.10 Å². The molecule has 170 valence electrons. The maximum atomic E-state index is 4.86. The smallest absolute Gasteiger partial charge is 0.194 e. The largest absolute Gasteiger partial charge is 0.357 e. The molecule has 0 radical (unpaired) electrons. The highest BCUT2D eigenvalue weighted by atomic mass is 15.3. The van der Waals surface area contributed by atoms with E-state index < -0.39 is 0 Å². The molecule has 1 N–H and O–H groups in total. The van der Waals surface area contributed by atoms with Gasteiger partial charge >= 0.3 is 0 Å². The Kier molecular flexibility index (Phi) is 7.93. The zero-order valence-corrected chi connectivity index (χ0v) is 20.1. The summed E-state index contributed by atoms with van der Waals surface area (Å²) in [6, 6.07) is 4.30. The third-order valence-electron chi connectivity index (χ3n) is 5.92. The lowest BCUT2D eigenvalue weighted by Gasteiger charge is -2.31. The molecule has 0 spiro atoms. The third-order valence-corrected chi connectivity index (χ3v) is 5.92. The highest BCUT2D eigenvalue weighted by Gasteiger charge is 2.17. The molecule has 2 aromatic rings. The number of guanidine groups is 1. The molecule has 7 heteroatoms. The molecule has 0 aromatic carbocycles. The van der Waals surface area contributed by atoms with Crippen LogP contribution in [0.25, 0.3) is 0 Å².